The molecule has 1 aliphatic rings. The lowest BCUT2D eigenvalue weighted by molar-refractivity contribution is 0.687. The molecule has 0 aliphatic heterocycles. The molecule has 110 valence electrons. The molecule has 5 heteroatoms. The summed E-state index contributed by atoms with van der Waals surface area (Å²) in [5.74, 6) is 0. The first-order chi connectivity index (χ1) is 10.1. The minimum atomic E-state index is 0.585. The molecule has 2 aromatic carbocycles. The van der Waals surface area contributed by atoms with Crippen LogP contribution in [0.5, 0.6) is 0 Å². The van der Waals surface area contributed by atoms with E-state index in [0.717, 1.165) is 22.0 Å². The molecule has 0 amide bonds. The zero-order chi connectivity index (χ0) is 14.8. The van der Waals surface area contributed by atoms with E-state index in [-0.39, 0.29) is 0 Å². The number of rotatable bonds is 5. The Kier molecular flexibility index (Phi) is 5.18. The fraction of sp³-hybridized carbons (Fsp3) is 0.250. The first-order valence-corrected chi connectivity index (χ1v) is 9.13. The molecule has 0 spiro atoms. The van der Waals surface area contributed by atoms with Crippen molar-refractivity contribution in [3.05, 3.63) is 56.5 Å². The average Bonchev–Trinajstić information content (AvgIpc) is 3.27. The van der Waals surface area contributed by atoms with Crippen LogP contribution in [0.25, 0.3) is 0 Å². The number of nitrogens with one attached hydrogen (secondary N) is 1. The molecule has 1 nitrogen and oxygen atoms in total. The molecular weight excluding hydrogens is 389 g/mol. The predicted molar refractivity (Wildman–Crippen MR) is 94.6 cm³/mol. The number of hydrogen-bond acceptors (Lipinski definition) is 2. The van der Waals surface area contributed by atoms with E-state index < -0.39 is 0 Å². The molecule has 0 aromatic heterocycles. The van der Waals surface area contributed by atoms with E-state index in [1.165, 1.54) is 23.3 Å². The van der Waals surface area contributed by atoms with Crippen molar-refractivity contribution >= 4 is 50.9 Å². The lowest BCUT2D eigenvalue weighted by Crippen LogP contribution is -2.15. The highest BCUT2D eigenvalue weighted by Gasteiger charge is 2.20. The van der Waals surface area contributed by atoms with Crippen LogP contribution in [0.15, 0.2) is 50.7 Å². The second-order valence-corrected chi connectivity index (χ2v) is 7.88. The van der Waals surface area contributed by atoms with Crippen molar-refractivity contribution in [2.45, 2.75) is 35.2 Å². The second kappa shape index (κ2) is 6.93. The quantitative estimate of drug-likeness (QED) is 0.642. The Morgan fingerprint density at radius 1 is 1.10 bits per heavy atom. The minimum Gasteiger partial charge on any atom is -0.310 e. The molecule has 0 bridgehead atoms. The Morgan fingerprint density at radius 3 is 2.57 bits per heavy atom. The van der Waals surface area contributed by atoms with Gasteiger partial charge in [0.1, 0.15) is 0 Å². The molecule has 0 unspecified atom stereocenters. The van der Waals surface area contributed by atoms with Crippen LogP contribution < -0.4 is 5.32 Å². The van der Waals surface area contributed by atoms with Crippen LogP contribution in [0, 0.1) is 0 Å². The summed E-state index contributed by atoms with van der Waals surface area (Å²) in [5.41, 5.74) is 1.30. The Balaban J connectivity index is 1.70. The topological polar surface area (TPSA) is 12.0 Å². The molecule has 21 heavy (non-hydrogen) atoms. The van der Waals surface area contributed by atoms with Gasteiger partial charge in [0, 0.05) is 26.9 Å². The van der Waals surface area contributed by atoms with E-state index in [2.05, 4.69) is 39.4 Å². The van der Waals surface area contributed by atoms with Gasteiger partial charge in [0.05, 0.1) is 10.0 Å². The van der Waals surface area contributed by atoms with E-state index in [1.54, 1.807) is 11.8 Å². The standard InChI is InChI=1S/C16H14BrCl2NS/c17-13-7-10(9-20-11-2-3-11)1-6-16(13)21-12-4-5-14(18)15(19)8-12/h1,4-8,11,20H,2-3,9H2. The maximum absolute atomic E-state index is 6.06. The largest absolute Gasteiger partial charge is 0.310 e. The highest BCUT2D eigenvalue weighted by molar-refractivity contribution is 9.10. The molecular formula is C16H14BrCl2NS. The summed E-state index contributed by atoms with van der Waals surface area (Å²) in [6.07, 6.45) is 2.62. The molecule has 0 heterocycles. The number of hydrogen-bond donors (Lipinski definition) is 1. The van der Waals surface area contributed by atoms with Gasteiger partial charge in [-0.2, -0.15) is 0 Å². The first-order valence-electron chi connectivity index (χ1n) is 6.76. The molecule has 1 saturated carbocycles. The predicted octanol–water partition coefficient (Wildman–Crippen LogP) is 6.16. The maximum atomic E-state index is 6.06. The van der Waals surface area contributed by atoms with Gasteiger partial charge in [-0.15, -0.1) is 0 Å². The van der Waals surface area contributed by atoms with Crippen LogP contribution in [-0.2, 0) is 6.54 Å². The second-order valence-electron chi connectivity index (χ2n) is 5.10. The summed E-state index contributed by atoms with van der Waals surface area (Å²) >= 11 is 17.3. The van der Waals surface area contributed by atoms with Crippen LogP contribution >= 0.6 is 50.9 Å². The number of halogens is 3. The molecule has 1 fully saturated rings. The van der Waals surface area contributed by atoms with Crippen LogP contribution in [0.3, 0.4) is 0 Å². The third-order valence-corrected chi connectivity index (χ3v) is 6.01. The van der Waals surface area contributed by atoms with Crippen molar-refractivity contribution in [1.29, 1.82) is 0 Å². The molecule has 2 aromatic rings. The summed E-state index contributed by atoms with van der Waals surface area (Å²) in [7, 11) is 0. The Labute approximate surface area is 147 Å². The van der Waals surface area contributed by atoms with E-state index in [1.807, 2.05) is 18.2 Å². The summed E-state index contributed by atoms with van der Waals surface area (Å²) in [5, 5.41) is 4.69. The summed E-state index contributed by atoms with van der Waals surface area (Å²) in [4.78, 5) is 2.25. The van der Waals surface area contributed by atoms with E-state index in [9.17, 15) is 0 Å². The fourth-order valence-corrected chi connectivity index (χ4v) is 3.85. The van der Waals surface area contributed by atoms with Crippen molar-refractivity contribution in [1.82, 2.24) is 5.32 Å². The lowest BCUT2D eigenvalue weighted by atomic mass is 10.2. The lowest BCUT2D eigenvalue weighted by Gasteiger charge is -2.09. The molecule has 0 radical (unpaired) electrons. The van der Waals surface area contributed by atoms with Crippen molar-refractivity contribution in [2.24, 2.45) is 0 Å². The molecule has 0 saturated heterocycles. The van der Waals surface area contributed by atoms with E-state index in [0.29, 0.717) is 10.0 Å². The summed E-state index contributed by atoms with van der Waals surface area (Å²) < 4.78 is 1.11. The highest BCUT2D eigenvalue weighted by Crippen LogP contribution is 2.36. The van der Waals surface area contributed by atoms with Gasteiger partial charge in [0.25, 0.3) is 0 Å². The van der Waals surface area contributed by atoms with E-state index in [4.69, 9.17) is 23.2 Å². The molecule has 1 aliphatic carbocycles. The van der Waals surface area contributed by atoms with Crippen LogP contribution in [0.4, 0.5) is 0 Å². The van der Waals surface area contributed by atoms with Gasteiger partial charge in [0.2, 0.25) is 0 Å². The minimum absolute atomic E-state index is 0.585. The Bertz CT molecular complexity index is 659. The van der Waals surface area contributed by atoms with Gasteiger partial charge in [-0.25, -0.2) is 0 Å². The van der Waals surface area contributed by atoms with Gasteiger partial charge in [-0.1, -0.05) is 41.0 Å². The van der Waals surface area contributed by atoms with Crippen LogP contribution in [-0.4, -0.2) is 6.04 Å². The summed E-state index contributed by atoms with van der Waals surface area (Å²) in [6.45, 7) is 0.932. The zero-order valence-corrected chi connectivity index (χ0v) is 15.1. The van der Waals surface area contributed by atoms with Crippen molar-refractivity contribution in [3.63, 3.8) is 0 Å². The molecule has 0 atom stereocenters. The third kappa shape index (κ3) is 4.40. The van der Waals surface area contributed by atoms with Crippen LogP contribution in [0.2, 0.25) is 10.0 Å². The van der Waals surface area contributed by atoms with Gasteiger partial charge >= 0.3 is 0 Å². The van der Waals surface area contributed by atoms with Crippen molar-refractivity contribution < 1.29 is 0 Å². The van der Waals surface area contributed by atoms with Gasteiger partial charge < -0.3 is 5.32 Å². The monoisotopic (exact) mass is 401 g/mol. The number of benzene rings is 2. The van der Waals surface area contributed by atoms with Gasteiger partial charge in [0.15, 0.2) is 0 Å². The first kappa shape index (κ1) is 15.7. The average molecular weight is 403 g/mol. The van der Waals surface area contributed by atoms with Gasteiger partial charge in [-0.3, -0.25) is 0 Å². The fourth-order valence-electron chi connectivity index (χ4n) is 1.95. The Morgan fingerprint density at radius 2 is 1.90 bits per heavy atom. The Hall–Kier alpha value is -0.190. The maximum Gasteiger partial charge on any atom is 0.0603 e. The SMILES string of the molecule is Clc1ccc(Sc2ccc(CNC3CC3)cc2Br)cc1Cl. The van der Waals surface area contributed by atoms with Crippen molar-refractivity contribution in [2.75, 3.05) is 0 Å². The summed E-state index contributed by atoms with van der Waals surface area (Å²) in [6, 6.07) is 12.9. The smallest absolute Gasteiger partial charge is 0.0603 e. The van der Waals surface area contributed by atoms with E-state index >= 15 is 0 Å². The third-order valence-electron chi connectivity index (χ3n) is 3.29. The van der Waals surface area contributed by atoms with Crippen molar-refractivity contribution in [3.8, 4) is 0 Å². The highest BCUT2D eigenvalue weighted by atomic mass is 79.9. The van der Waals surface area contributed by atoms with Crippen LogP contribution in [0.1, 0.15) is 18.4 Å². The zero-order valence-electron chi connectivity index (χ0n) is 11.2. The molecule has 3 rings (SSSR count). The van der Waals surface area contributed by atoms with Gasteiger partial charge in [-0.05, 0) is 64.7 Å². The molecule has 1 N–H and O–H groups in total. The normalized spacial score (nSPS) is 14.4.